The molecule has 3 rings (SSSR count). The van der Waals surface area contributed by atoms with Gasteiger partial charge in [0.2, 0.25) is 21.8 Å². The van der Waals surface area contributed by atoms with Gasteiger partial charge < -0.3 is 10.2 Å². The molecule has 36 heavy (non-hydrogen) atoms. The fourth-order valence-corrected chi connectivity index (χ4v) is 5.87. The van der Waals surface area contributed by atoms with Gasteiger partial charge in [-0.25, -0.2) is 8.42 Å². The van der Waals surface area contributed by atoms with E-state index in [0.29, 0.717) is 22.7 Å². The molecule has 2 aromatic carbocycles. The van der Waals surface area contributed by atoms with Gasteiger partial charge in [0.05, 0.1) is 11.9 Å². The molecule has 0 bridgehead atoms. The smallest absolute Gasteiger partial charge is 0.244 e. The summed E-state index contributed by atoms with van der Waals surface area (Å²) in [4.78, 5) is 28.6. The minimum atomic E-state index is -3.79. The molecule has 7 nitrogen and oxygen atoms in total. The third-order valence-electron chi connectivity index (χ3n) is 6.64. The second kappa shape index (κ2) is 12.6. The molecule has 1 fully saturated rings. The van der Waals surface area contributed by atoms with Crippen LogP contribution < -0.4 is 9.62 Å². The summed E-state index contributed by atoms with van der Waals surface area (Å²) in [5.41, 5.74) is 1.88. The average Bonchev–Trinajstić information content (AvgIpc) is 2.83. The van der Waals surface area contributed by atoms with Crippen LogP contribution in [-0.4, -0.2) is 50.0 Å². The molecule has 0 aliphatic heterocycles. The minimum Gasteiger partial charge on any atom is -0.352 e. The van der Waals surface area contributed by atoms with Crippen molar-refractivity contribution in [2.45, 2.75) is 71.0 Å². The molecule has 2 aromatic rings. The molecular formula is C27H36ClN3O4S. The molecule has 0 radical (unpaired) electrons. The monoisotopic (exact) mass is 533 g/mol. The number of halogens is 1. The number of benzene rings is 2. The van der Waals surface area contributed by atoms with E-state index in [0.717, 1.165) is 41.8 Å². The second-order valence-electron chi connectivity index (χ2n) is 9.48. The van der Waals surface area contributed by atoms with Crippen molar-refractivity contribution in [2.75, 3.05) is 17.1 Å². The first kappa shape index (κ1) is 28.0. The predicted molar refractivity (Wildman–Crippen MR) is 144 cm³/mol. The van der Waals surface area contributed by atoms with Crippen molar-refractivity contribution in [3.8, 4) is 0 Å². The van der Waals surface area contributed by atoms with Crippen LogP contribution in [0.1, 0.15) is 56.6 Å². The van der Waals surface area contributed by atoms with Crippen LogP contribution in [0.5, 0.6) is 0 Å². The number of carbonyl (C=O) groups excluding carboxylic acids is 2. The molecule has 9 heteroatoms. The van der Waals surface area contributed by atoms with Crippen molar-refractivity contribution < 1.29 is 18.0 Å². The zero-order chi connectivity index (χ0) is 26.3. The fraction of sp³-hybridized carbons (Fsp3) is 0.481. The van der Waals surface area contributed by atoms with Crippen LogP contribution in [0.25, 0.3) is 0 Å². The number of carbonyl (C=O) groups is 2. The van der Waals surface area contributed by atoms with Crippen molar-refractivity contribution in [1.82, 2.24) is 10.2 Å². The van der Waals surface area contributed by atoms with E-state index in [9.17, 15) is 18.0 Å². The SMILES string of the molecule is CC[C@@H](C(=O)NC1CCCCC1)N(Cc1ccccc1)C(=O)CN(c1ccc(Cl)cc1C)S(C)(=O)=O. The number of amides is 2. The third-order valence-corrected chi connectivity index (χ3v) is 8.00. The molecular weight excluding hydrogens is 498 g/mol. The van der Waals surface area contributed by atoms with Crippen molar-refractivity contribution >= 4 is 39.1 Å². The molecule has 2 amide bonds. The number of hydrogen-bond acceptors (Lipinski definition) is 4. The van der Waals surface area contributed by atoms with Gasteiger partial charge in [-0.2, -0.15) is 0 Å². The Morgan fingerprint density at radius 2 is 1.75 bits per heavy atom. The van der Waals surface area contributed by atoms with Crippen LogP contribution in [-0.2, 0) is 26.2 Å². The second-order valence-corrected chi connectivity index (χ2v) is 11.8. The van der Waals surface area contributed by atoms with Crippen molar-refractivity contribution in [3.63, 3.8) is 0 Å². The molecule has 1 N–H and O–H groups in total. The predicted octanol–water partition coefficient (Wildman–Crippen LogP) is 4.67. The zero-order valence-electron chi connectivity index (χ0n) is 21.2. The number of sulfonamides is 1. The molecule has 196 valence electrons. The molecule has 0 heterocycles. The molecule has 0 spiro atoms. The van der Waals surface area contributed by atoms with E-state index < -0.39 is 28.5 Å². The van der Waals surface area contributed by atoms with E-state index >= 15 is 0 Å². The number of aryl methyl sites for hydroxylation is 1. The molecule has 1 aliphatic rings. The van der Waals surface area contributed by atoms with Crippen LogP contribution in [0.4, 0.5) is 5.69 Å². The Hall–Kier alpha value is -2.58. The van der Waals surface area contributed by atoms with E-state index in [1.807, 2.05) is 37.3 Å². The highest BCUT2D eigenvalue weighted by Crippen LogP contribution is 2.26. The summed E-state index contributed by atoms with van der Waals surface area (Å²) >= 11 is 6.07. The van der Waals surface area contributed by atoms with Crippen molar-refractivity contribution in [1.29, 1.82) is 0 Å². The average molecular weight is 534 g/mol. The van der Waals surface area contributed by atoms with E-state index in [2.05, 4.69) is 5.32 Å². The van der Waals surface area contributed by atoms with Gasteiger partial charge in [-0.15, -0.1) is 0 Å². The van der Waals surface area contributed by atoms with Gasteiger partial charge >= 0.3 is 0 Å². The minimum absolute atomic E-state index is 0.109. The van der Waals surface area contributed by atoms with Gasteiger partial charge in [0.25, 0.3) is 0 Å². The number of rotatable bonds is 10. The Kier molecular flexibility index (Phi) is 9.79. The Bertz CT molecular complexity index is 1150. The molecule has 0 unspecified atom stereocenters. The van der Waals surface area contributed by atoms with Gasteiger partial charge in [0.1, 0.15) is 12.6 Å². The van der Waals surface area contributed by atoms with Crippen molar-refractivity contribution in [3.05, 3.63) is 64.7 Å². The van der Waals surface area contributed by atoms with Gasteiger partial charge in [0.15, 0.2) is 0 Å². The zero-order valence-corrected chi connectivity index (χ0v) is 22.8. The first-order chi connectivity index (χ1) is 17.1. The van der Waals surface area contributed by atoms with Gasteiger partial charge in [-0.05, 0) is 55.5 Å². The summed E-state index contributed by atoms with van der Waals surface area (Å²) in [5.74, 6) is -0.633. The Balaban J connectivity index is 1.91. The highest BCUT2D eigenvalue weighted by atomic mass is 35.5. The Labute approximate surface area is 219 Å². The molecule has 1 atom stereocenters. The first-order valence-corrected chi connectivity index (χ1v) is 14.7. The molecule has 0 aromatic heterocycles. The summed E-state index contributed by atoms with van der Waals surface area (Å²) in [5, 5.41) is 3.62. The quantitative estimate of drug-likeness (QED) is 0.481. The lowest BCUT2D eigenvalue weighted by Gasteiger charge is -2.34. The number of hydrogen-bond donors (Lipinski definition) is 1. The maximum absolute atomic E-state index is 13.8. The van der Waals surface area contributed by atoms with Crippen LogP contribution in [0.15, 0.2) is 48.5 Å². The van der Waals surface area contributed by atoms with E-state index in [-0.39, 0.29) is 18.5 Å². The Morgan fingerprint density at radius 3 is 2.33 bits per heavy atom. The lowest BCUT2D eigenvalue weighted by Crippen LogP contribution is -2.54. The number of nitrogens with zero attached hydrogens (tertiary/aromatic N) is 2. The van der Waals surface area contributed by atoms with E-state index in [4.69, 9.17) is 11.6 Å². The maximum atomic E-state index is 13.8. The maximum Gasteiger partial charge on any atom is 0.244 e. The van der Waals surface area contributed by atoms with Crippen LogP contribution >= 0.6 is 11.6 Å². The van der Waals surface area contributed by atoms with Gasteiger partial charge in [0, 0.05) is 17.6 Å². The summed E-state index contributed by atoms with van der Waals surface area (Å²) < 4.78 is 26.6. The van der Waals surface area contributed by atoms with Crippen LogP contribution in [0.3, 0.4) is 0 Å². The van der Waals surface area contributed by atoms with E-state index in [1.54, 1.807) is 25.1 Å². The lowest BCUT2D eigenvalue weighted by atomic mass is 9.95. The summed E-state index contributed by atoms with van der Waals surface area (Å²) in [6.07, 6.45) is 6.70. The largest absolute Gasteiger partial charge is 0.352 e. The summed E-state index contributed by atoms with van der Waals surface area (Å²) in [7, 11) is -3.79. The number of nitrogens with one attached hydrogen (secondary N) is 1. The normalized spacial score (nSPS) is 15.2. The molecule has 1 saturated carbocycles. The highest BCUT2D eigenvalue weighted by Gasteiger charge is 2.33. The summed E-state index contributed by atoms with van der Waals surface area (Å²) in [6, 6.07) is 13.7. The fourth-order valence-electron chi connectivity index (χ4n) is 4.74. The highest BCUT2D eigenvalue weighted by molar-refractivity contribution is 7.92. The lowest BCUT2D eigenvalue weighted by molar-refractivity contribution is -0.140. The third kappa shape index (κ3) is 7.46. The van der Waals surface area contributed by atoms with E-state index in [1.165, 1.54) is 11.3 Å². The first-order valence-electron chi connectivity index (χ1n) is 12.5. The van der Waals surface area contributed by atoms with Crippen LogP contribution in [0.2, 0.25) is 5.02 Å². The van der Waals surface area contributed by atoms with Gasteiger partial charge in [-0.1, -0.05) is 68.1 Å². The molecule has 0 saturated heterocycles. The van der Waals surface area contributed by atoms with Crippen LogP contribution in [0, 0.1) is 6.92 Å². The number of anilines is 1. The summed E-state index contributed by atoms with van der Waals surface area (Å²) in [6.45, 7) is 3.40. The topological polar surface area (TPSA) is 86.8 Å². The van der Waals surface area contributed by atoms with Crippen molar-refractivity contribution in [2.24, 2.45) is 0 Å². The standard InChI is InChI=1S/C27H36ClN3O4S/c1-4-24(27(33)29-23-13-9-6-10-14-23)30(18-21-11-7-5-8-12-21)26(32)19-31(36(3,34)35)25-16-15-22(28)17-20(25)2/h5,7-8,11-12,15-17,23-24H,4,6,9-10,13-14,18-19H2,1-3H3,(H,29,33)/t24-/m0/s1. The Morgan fingerprint density at radius 1 is 1.08 bits per heavy atom. The van der Waals surface area contributed by atoms with Gasteiger partial charge in [-0.3, -0.25) is 13.9 Å². The molecule has 1 aliphatic carbocycles.